The fourth-order valence-corrected chi connectivity index (χ4v) is 0.954. The lowest BCUT2D eigenvalue weighted by Gasteiger charge is -2.28. The molecule has 0 aromatic rings. The average molecular weight is 215 g/mol. The number of rotatable bonds is 0. The van der Waals surface area contributed by atoms with Crippen LogP contribution in [-0.2, 0) is 19.2 Å². The van der Waals surface area contributed by atoms with Crippen molar-refractivity contribution < 1.29 is 19.2 Å². The van der Waals surface area contributed by atoms with E-state index in [2.05, 4.69) is 13.8 Å². The molecular weight excluding hydrogens is 195 g/mol. The van der Waals surface area contributed by atoms with Gasteiger partial charge in [-0.15, -0.1) is 0 Å². The van der Waals surface area contributed by atoms with Gasteiger partial charge in [-0.25, -0.2) is 4.89 Å². The van der Waals surface area contributed by atoms with Crippen LogP contribution >= 0.6 is 0 Å². The Morgan fingerprint density at radius 3 is 1.47 bits per heavy atom. The van der Waals surface area contributed by atoms with Gasteiger partial charge in [0.25, 0.3) is 0 Å². The van der Waals surface area contributed by atoms with Gasteiger partial charge in [-0.2, -0.15) is 0 Å². The molecule has 2 heterocycles. The molecule has 0 spiro atoms. The summed E-state index contributed by atoms with van der Waals surface area (Å²) in [5, 5.41) is 0.0208. The molecule has 0 saturated carbocycles. The second-order valence-corrected chi connectivity index (χ2v) is 4.75. The van der Waals surface area contributed by atoms with Crippen LogP contribution in [0.2, 0.25) is 5.31 Å². The molecule has 0 aromatic carbocycles. The number of hydrogen-bond donors (Lipinski definition) is 0. The summed E-state index contributed by atoms with van der Waals surface area (Å²) in [7, 11) is 1.73. The molecule has 2 fully saturated rings. The largest absolute Gasteiger partial charge is 0.377 e. The smallest absolute Gasteiger partial charge is 0.353 e. The quantitative estimate of drug-likeness (QED) is 0.454. The summed E-state index contributed by atoms with van der Waals surface area (Å²) in [6.07, 6.45) is 0. The van der Waals surface area contributed by atoms with E-state index in [-0.39, 0.29) is 10.9 Å². The normalized spacial score (nSPS) is 27.5. The van der Waals surface area contributed by atoms with Gasteiger partial charge >= 0.3 is 7.48 Å². The van der Waals surface area contributed by atoms with Crippen molar-refractivity contribution in [3.63, 3.8) is 0 Å². The van der Waals surface area contributed by atoms with E-state index in [1.165, 1.54) is 0 Å². The Labute approximate surface area is 92.4 Å². The maximum absolute atomic E-state index is 5.00. The third-order valence-corrected chi connectivity index (χ3v) is 2.89. The molecule has 2 aliphatic rings. The minimum Gasteiger partial charge on any atom is -0.377 e. The third kappa shape index (κ3) is 3.76. The standard InChI is InChI=1S/C6H12BO2.C4H8O2/c1-5(2)6(3,4)8-9-7-5;1-2-6-4-3-5-1/h1-4H3;1-4H2. The molecule has 2 saturated heterocycles. The topological polar surface area (TPSA) is 36.9 Å². The second-order valence-electron chi connectivity index (χ2n) is 4.75. The molecule has 0 amide bonds. The molecule has 2 aliphatic heterocycles. The molecule has 0 aliphatic carbocycles. The predicted molar refractivity (Wildman–Crippen MR) is 57.7 cm³/mol. The van der Waals surface area contributed by atoms with Crippen molar-refractivity contribution in [3.8, 4) is 0 Å². The Morgan fingerprint density at radius 1 is 0.867 bits per heavy atom. The Kier molecular flexibility index (Phi) is 4.58. The molecule has 1 radical (unpaired) electrons. The molecule has 0 unspecified atom stereocenters. The summed E-state index contributed by atoms with van der Waals surface area (Å²) in [6.45, 7) is 11.3. The molecule has 87 valence electrons. The molecule has 0 aromatic heterocycles. The fourth-order valence-electron chi connectivity index (χ4n) is 0.954. The highest BCUT2D eigenvalue weighted by molar-refractivity contribution is 6.33. The summed E-state index contributed by atoms with van der Waals surface area (Å²) in [5.41, 5.74) is -0.188. The molecule has 5 heteroatoms. The average Bonchev–Trinajstić information content (AvgIpc) is 2.43. The van der Waals surface area contributed by atoms with Crippen LogP contribution in [-0.4, -0.2) is 39.5 Å². The van der Waals surface area contributed by atoms with Gasteiger partial charge < -0.3 is 14.3 Å². The lowest BCUT2D eigenvalue weighted by Crippen LogP contribution is -2.31. The zero-order valence-corrected chi connectivity index (χ0v) is 10.0. The highest BCUT2D eigenvalue weighted by Crippen LogP contribution is 2.44. The van der Waals surface area contributed by atoms with Gasteiger partial charge in [-0.1, -0.05) is 13.8 Å². The van der Waals surface area contributed by atoms with Crippen LogP contribution in [0.5, 0.6) is 0 Å². The first kappa shape index (κ1) is 13.0. The van der Waals surface area contributed by atoms with Gasteiger partial charge in [0, 0.05) is 5.31 Å². The first-order valence-corrected chi connectivity index (χ1v) is 5.30. The van der Waals surface area contributed by atoms with Crippen LogP contribution in [0, 0.1) is 0 Å². The van der Waals surface area contributed by atoms with Crippen molar-refractivity contribution >= 4 is 7.48 Å². The zero-order chi connectivity index (χ0) is 11.4. The van der Waals surface area contributed by atoms with Crippen molar-refractivity contribution in [2.75, 3.05) is 26.4 Å². The summed E-state index contributed by atoms with van der Waals surface area (Å²) in [4.78, 5) is 9.75. The van der Waals surface area contributed by atoms with Crippen molar-refractivity contribution in [2.24, 2.45) is 0 Å². The maximum atomic E-state index is 5.00. The Bertz CT molecular complexity index is 164. The van der Waals surface area contributed by atoms with Gasteiger partial charge in [0.05, 0.1) is 32.0 Å². The van der Waals surface area contributed by atoms with Crippen molar-refractivity contribution in [2.45, 2.75) is 38.6 Å². The molecule has 4 nitrogen and oxygen atoms in total. The van der Waals surface area contributed by atoms with E-state index in [9.17, 15) is 0 Å². The third-order valence-electron chi connectivity index (χ3n) is 2.89. The highest BCUT2D eigenvalue weighted by Gasteiger charge is 2.46. The van der Waals surface area contributed by atoms with Crippen LogP contribution in [0.4, 0.5) is 0 Å². The van der Waals surface area contributed by atoms with Gasteiger partial charge in [0.2, 0.25) is 0 Å². The van der Waals surface area contributed by atoms with Gasteiger partial charge in [-0.3, -0.25) is 0 Å². The lowest BCUT2D eigenvalue weighted by atomic mass is 9.59. The van der Waals surface area contributed by atoms with Gasteiger partial charge in [0.1, 0.15) is 0 Å². The number of ether oxygens (including phenoxy) is 2. The van der Waals surface area contributed by atoms with Gasteiger partial charge in [-0.05, 0) is 13.8 Å². The second kappa shape index (κ2) is 5.30. The monoisotopic (exact) mass is 215 g/mol. The van der Waals surface area contributed by atoms with E-state index < -0.39 is 0 Å². The minimum atomic E-state index is -0.188. The predicted octanol–water partition coefficient (Wildman–Crippen LogP) is 1.58. The Hall–Kier alpha value is -0.0951. The molecular formula is C10H20BO4. The molecule has 0 N–H and O–H groups in total. The lowest BCUT2D eigenvalue weighted by molar-refractivity contribution is -0.260. The Morgan fingerprint density at radius 2 is 1.33 bits per heavy atom. The van der Waals surface area contributed by atoms with Gasteiger partial charge in [0.15, 0.2) is 0 Å². The SMILES string of the molecule is C1COCCO1.CC1(C)[B]OOC1(C)C. The van der Waals surface area contributed by atoms with Crippen LogP contribution < -0.4 is 0 Å². The van der Waals surface area contributed by atoms with Crippen LogP contribution in [0.15, 0.2) is 0 Å². The van der Waals surface area contributed by atoms with Crippen LogP contribution in [0.1, 0.15) is 27.7 Å². The first-order valence-electron chi connectivity index (χ1n) is 5.30. The number of hydrogen-bond acceptors (Lipinski definition) is 4. The summed E-state index contributed by atoms with van der Waals surface area (Å²) < 4.78 is 9.89. The summed E-state index contributed by atoms with van der Waals surface area (Å²) in [6, 6.07) is 0. The van der Waals surface area contributed by atoms with E-state index in [0.29, 0.717) is 0 Å². The van der Waals surface area contributed by atoms with E-state index in [1.807, 2.05) is 13.8 Å². The van der Waals surface area contributed by atoms with Crippen LogP contribution in [0.25, 0.3) is 0 Å². The van der Waals surface area contributed by atoms with E-state index >= 15 is 0 Å². The Balaban J connectivity index is 0.000000162. The molecule has 2 rings (SSSR count). The van der Waals surface area contributed by atoms with E-state index in [0.717, 1.165) is 26.4 Å². The maximum Gasteiger partial charge on any atom is 0.353 e. The first-order chi connectivity index (χ1) is 6.96. The summed E-state index contributed by atoms with van der Waals surface area (Å²) in [5.74, 6) is 0. The van der Waals surface area contributed by atoms with Crippen LogP contribution in [0.3, 0.4) is 0 Å². The van der Waals surface area contributed by atoms with Crippen molar-refractivity contribution in [3.05, 3.63) is 0 Å². The zero-order valence-electron chi connectivity index (χ0n) is 10.0. The van der Waals surface area contributed by atoms with Crippen molar-refractivity contribution in [1.29, 1.82) is 0 Å². The fraction of sp³-hybridized carbons (Fsp3) is 1.00. The molecule has 15 heavy (non-hydrogen) atoms. The highest BCUT2D eigenvalue weighted by atomic mass is 17.2. The molecule has 0 atom stereocenters. The van der Waals surface area contributed by atoms with E-state index in [1.54, 1.807) is 7.48 Å². The summed E-state index contributed by atoms with van der Waals surface area (Å²) >= 11 is 0. The van der Waals surface area contributed by atoms with E-state index in [4.69, 9.17) is 19.2 Å². The van der Waals surface area contributed by atoms with Crippen molar-refractivity contribution in [1.82, 2.24) is 0 Å². The molecule has 0 bridgehead atoms. The minimum absolute atomic E-state index is 0.0208.